The SMILES string of the molecule is CC1(c2ccc(Cl)cn2)Oc2cccc(N3CCN[C@@H]4COC[C@@H]43)c2O1. The van der Waals surface area contributed by atoms with Crippen LogP contribution in [0.3, 0.4) is 0 Å². The monoisotopic (exact) mass is 373 g/mol. The molecule has 2 saturated heterocycles. The minimum atomic E-state index is -0.970. The largest absolute Gasteiger partial charge is 0.443 e. The average Bonchev–Trinajstić information content (AvgIpc) is 3.25. The van der Waals surface area contributed by atoms with Crippen LogP contribution in [-0.4, -0.2) is 43.4 Å². The number of rotatable bonds is 2. The smallest absolute Gasteiger partial charge is 0.292 e. The Hall–Kier alpha value is -2.02. The molecule has 1 N–H and O–H groups in total. The Bertz CT molecular complexity index is 831. The van der Waals surface area contributed by atoms with E-state index in [4.69, 9.17) is 25.8 Å². The lowest BCUT2D eigenvalue weighted by atomic mass is 10.1. The van der Waals surface area contributed by atoms with E-state index >= 15 is 0 Å². The number of para-hydroxylation sites is 1. The minimum absolute atomic E-state index is 0.305. The summed E-state index contributed by atoms with van der Waals surface area (Å²) in [5.74, 6) is 0.526. The number of anilines is 1. The van der Waals surface area contributed by atoms with Gasteiger partial charge in [-0.15, -0.1) is 0 Å². The molecule has 1 unspecified atom stereocenters. The van der Waals surface area contributed by atoms with Crippen molar-refractivity contribution in [3.8, 4) is 11.5 Å². The maximum atomic E-state index is 6.32. The van der Waals surface area contributed by atoms with Gasteiger partial charge in [0.25, 0.3) is 5.79 Å². The first-order chi connectivity index (χ1) is 12.6. The third kappa shape index (κ3) is 2.52. The van der Waals surface area contributed by atoms with Gasteiger partial charge in [0.15, 0.2) is 11.5 Å². The van der Waals surface area contributed by atoms with Gasteiger partial charge in [-0.25, -0.2) is 0 Å². The molecule has 2 aromatic rings. The third-order valence-corrected chi connectivity index (χ3v) is 5.50. The van der Waals surface area contributed by atoms with Crippen LogP contribution in [0.25, 0.3) is 0 Å². The number of ether oxygens (including phenoxy) is 3. The van der Waals surface area contributed by atoms with Gasteiger partial charge in [-0.05, 0) is 24.3 Å². The molecule has 1 aromatic heterocycles. The van der Waals surface area contributed by atoms with E-state index in [1.54, 1.807) is 12.3 Å². The standard InChI is InChI=1S/C19H20ClN3O3/c1-19(17-6-5-12(20)9-22-17)25-16-4-2-3-14(18(16)26-19)23-8-7-21-13-10-24-11-15(13)23/h2-6,9,13,15,21H,7-8,10-11H2,1H3/t13-,15+,19?/m1/s1. The Morgan fingerprint density at radius 2 is 2.15 bits per heavy atom. The molecule has 0 spiro atoms. The minimum Gasteiger partial charge on any atom is -0.443 e. The van der Waals surface area contributed by atoms with Gasteiger partial charge in [-0.1, -0.05) is 17.7 Å². The fourth-order valence-electron chi connectivity index (χ4n) is 3.97. The summed E-state index contributed by atoms with van der Waals surface area (Å²) in [5, 5.41) is 4.12. The maximum Gasteiger partial charge on any atom is 0.292 e. The molecular formula is C19H20ClN3O3. The topological polar surface area (TPSA) is 55.9 Å². The Kier molecular flexibility index (Phi) is 3.74. The van der Waals surface area contributed by atoms with Gasteiger partial charge in [0.1, 0.15) is 5.69 Å². The number of hydrogen-bond donors (Lipinski definition) is 1. The molecule has 4 heterocycles. The molecule has 0 aliphatic carbocycles. The molecule has 3 aliphatic rings. The van der Waals surface area contributed by atoms with Crippen molar-refractivity contribution in [3.05, 3.63) is 47.2 Å². The van der Waals surface area contributed by atoms with Crippen molar-refractivity contribution in [2.24, 2.45) is 0 Å². The normalized spacial score (nSPS) is 29.7. The predicted molar refractivity (Wildman–Crippen MR) is 98.0 cm³/mol. The molecule has 3 atom stereocenters. The highest BCUT2D eigenvalue weighted by molar-refractivity contribution is 6.30. The first-order valence-electron chi connectivity index (χ1n) is 8.85. The summed E-state index contributed by atoms with van der Waals surface area (Å²) in [5.41, 5.74) is 1.73. The number of nitrogens with one attached hydrogen (secondary N) is 1. The molecule has 1 aromatic carbocycles. The molecule has 0 amide bonds. The van der Waals surface area contributed by atoms with E-state index in [2.05, 4.69) is 21.3 Å². The summed E-state index contributed by atoms with van der Waals surface area (Å²) >= 11 is 5.96. The zero-order valence-electron chi connectivity index (χ0n) is 14.4. The van der Waals surface area contributed by atoms with Gasteiger partial charge in [0.2, 0.25) is 0 Å². The van der Waals surface area contributed by atoms with Gasteiger partial charge in [-0.2, -0.15) is 0 Å². The Morgan fingerprint density at radius 3 is 3.00 bits per heavy atom. The van der Waals surface area contributed by atoms with Crippen molar-refractivity contribution < 1.29 is 14.2 Å². The van der Waals surface area contributed by atoms with E-state index in [0.717, 1.165) is 43.5 Å². The number of aromatic nitrogens is 1. The number of nitrogens with zero attached hydrogens (tertiary/aromatic N) is 2. The maximum absolute atomic E-state index is 6.32. The van der Waals surface area contributed by atoms with E-state index in [1.807, 2.05) is 25.1 Å². The van der Waals surface area contributed by atoms with Crippen LogP contribution in [-0.2, 0) is 10.5 Å². The summed E-state index contributed by atoms with van der Waals surface area (Å²) in [4.78, 5) is 6.76. The van der Waals surface area contributed by atoms with Crippen molar-refractivity contribution in [2.75, 3.05) is 31.2 Å². The van der Waals surface area contributed by atoms with Crippen LogP contribution in [0.4, 0.5) is 5.69 Å². The zero-order chi connectivity index (χ0) is 17.7. The van der Waals surface area contributed by atoms with Gasteiger partial charge in [0.05, 0.1) is 36.0 Å². The van der Waals surface area contributed by atoms with Crippen LogP contribution in [0.5, 0.6) is 11.5 Å². The Labute approximate surface area is 157 Å². The summed E-state index contributed by atoms with van der Waals surface area (Å²) in [7, 11) is 0. The number of fused-ring (bicyclic) bond motifs is 2. The highest BCUT2D eigenvalue weighted by Gasteiger charge is 2.44. The lowest BCUT2D eigenvalue weighted by molar-refractivity contribution is -0.0716. The fourth-order valence-corrected chi connectivity index (χ4v) is 4.08. The second kappa shape index (κ2) is 6.01. The lowest BCUT2D eigenvalue weighted by Gasteiger charge is -2.39. The quantitative estimate of drug-likeness (QED) is 0.873. The first-order valence-corrected chi connectivity index (χ1v) is 9.23. The molecule has 0 radical (unpaired) electrons. The van der Waals surface area contributed by atoms with Gasteiger partial charge >= 0.3 is 0 Å². The number of halogens is 1. The molecule has 7 heteroatoms. The van der Waals surface area contributed by atoms with Gasteiger partial charge < -0.3 is 24.4 Å². The van der Waals surface area contributed by atoms with Gasteiger partial charge in [0, 0.05) is 26.2 Å². The van der Waals surface area contributed by atoms with Crippen LogP contribution in [0.1, 0.15) is 12.6 Å². The molecule has 3 aliphatic heterocycles. The molecule has 0 bridgehead atoms. The van der Waals surface area contributed by atoms with Gasteiger partial charge in [-0.3, -0.25) is 4.98 Å². The zero-order valence-corrected chi connectivity index (χ0v) is 15.2. The van der Waals surface area contributed by atoms with Crippen molar-refractivity contribution in [2.45, 2.75) is 24.8 Å². The van der Waals surface area contributed by atoms with Crippen LogP contribution in [0.15, 0.2) is 36.5 Å². The van der Waals surface area contributed by atoms with Crippen molar-refractivity contribution in [3.63, 3.8) is 0 Å². The highest BCUT2D eigenvalue weighted by Crippen LogP contribution is 2.49. The number of hydrogen-bond acceptors (Lipinski definition) is 6. The fraction of sp³-hybridized carbons (Fsp3) is 0.421. The molecule has 2 fully saturated rings. The van der Waals surface area contributed by atoms with Crippen LogP contribution in [0.2, 0.25) is 5.02 Å². The van der Waals surface area contributed by atoms with E-state index in [0.29, 0.717) is 22.8 Å². The predicted octanol–water partition coefficient (Wildman–Crippen LogP) is 2.56. The van der Waals surface area contributed by atoms with E-state index in [1.165, 1.54) is 0 Å². The van der Waals surface area contributed by atoms with Crippen molar-refractivity contribution in [1.29, 1.82) is 0 Å². The summed E-state index contributed by atoms with van der Waals surface area (Å²) in [6.45, 7) is 5.18. The molecule has 26 heavy (non-hydrogen) atoms. The molecular weight excluding hydrogens is 354 g/mol. The molecule has 0 saturated carbocycles. The first kappa shape index (κ1) is 16.2. The average molecular weight is 374 g/mol. The second-order valence-corrected chi connectivity index (χ2v) is 7.41. The summed E-state index contributed by atoms with van der Waals surface area (Å²) in [6.07, 6.45) is 1.61. The summed E-state index contributed by atoms with van der Waals surface area (Å²) < 4.78 is 18.2. The second-order valence-electron chi connectivity index (χ2n) is 6.97. The van der Waals surface area contributed by atoms with Crippen molar-refractivity contribution >= 4 is 17.3 Å². The molecule has 136 valence electrons. The van der Waals surface area contributed by atoms with E-state index in [-0.39, 0.29) is 0 Å². The van der Waals surface area contributed by atoms with E-state index < -0.39 is 5.79 Å². The van der Waals surface area contributed by atoms with Crippen molar-refractivity contribution in [1.82, 2.24) is 10.3 Å². The Balaban J connectivity index is 1.50. The molecule has 6 nitrogen and oxygen atoms in total. The van der Waals surface area contributed by atoms with Crippen LogP contribution in [0, 0.1) is 0 Å². The number of benzene rings is 1. The van der Waals surface area contributed by atoms with Crippen LogP contribution < -0.4 is 19.7 Å². The van der Waals surface area contributed by atoms with E-state index in [9.17, 15) is 0 Å². The Morgan fingerprint density at radius 1 is 1.23 bits per heavy atom. The number of pyridine rings is 1. The lowest BCUT2D eigenvalue weighted by Crippen LogP contribution is -2.57. The summed E-state index contributed by atoms with van der Waals surface area (Å²) in [6, 6.07) is 10.3. The van der Waals surface area contributed by atoms with Crippen LogP contribution >= 0.6 is 11.6 Å². The highest BCUT2D eigenvalue weighted by atomic mass is 35.5. The molecule has 5 rings (SSSR count). The number of piperazine rings is 1. The third-order valence-electron chi connectivity index (χ3n) is 5.27.